The van der Waals surface area contributed by atoms with Crippen LogP contribution in [0, 0.1) is 0 Å². The first-order chi connectivity index (χ1) is 8.96. The van der Waals surface area contributed by atoms with Crippen molar-refractivity contribution in [1.29, 1.82) is 0 Å². The van der Waals surface area contributed by atoms with Crippen LogP contribution < -0.4 is 10.6 Å². The van der Waals surface area contributed by atoms with Gasteiger partial charge in [0.25, 0.3) is 0 Å². The van der Waals surface area contributed by atoms with E-state index >= 15 is 0 Å². The van der Waals surface area contributed by atoms with Gasteiger partial charge >= 0.3 is 7.12 Å². The zero-order valence-electron chi connectivity index (χ0n) is 11.9. The average Bonchev–Trinajstić information content (AvgIpc) is 2.46. The van der Waals surface area contributed by atoms with Gasteiger partial charge in [0.15, 0.2) is 0 Å². The lowest BCUT2D eigenvalue weighted by molar-refractivity contribution is 0.00578. The van der Waals surface area contributed by atoms with Crippen LogP contribution in [-0.2, 0) is 19.3 Å². The van der Waals surface area contributed by atoms with Crippen molar-refractivity contribution in [3.05, 3.63) is 18.2 Å². The Kier molecular flexibility index (Phi) is 3.41. The molecule has 0 aliphatic carbocycles. The van der Waals surface area contributed by atoms with Crippen LogP contribution in [0.4, 0.5) is 0 Å². The lowest BCUT2D eigenvalue weighted by Crippen LogP contribution is -2.41. The van der Waals surface area contributed by atoms with Crippen LogP contribution in [0.5, 0.6) is 5.75 Å². The topological polar surface area (TPSA) is 98.9 Å². The summed E-state index contributed by atoms with van der Waals surface area (Å²) in [7, 11) is -4.85. The first kappa shape index (κ1) is 15.3. The monoisotopic (exact) mass is 299 g/mol. The van der Waals surface area contributed by atoms with Gasteiger partial charge in [-0.05, 0) is 33.8 Å². The van der Waals surface area contributed by atoms with Crippen molar-refractivity contribution < 1.29 is 22.8 Å². The van der Waals surface area contributed by atoms with Crippen molar-refractivity contribution in [3.8, 4) is 5.75 Å². The predicted octanol–water partition coefficient (Wildman–Crippen LogP) is 0.339. The first-order valence-corrected chi connectivity index (χ1v) is 7.71. The lowest BCUT2D eigenvalue weighted by Gasteiger charge is -2.32. The summed E-state index contributed by atoms with van der Waals surface area (Å²) in [6, 6.07) is 4.27. The van der Waals surface area contributed by atoms with E-state index in [1.807, 2.05) is 27.7 Å². The van der Waals surface area contributed by atoms with Crippen molar-refractivity contribution >= 4 is 22.6 Å². The Hall–Kier alpha value is -1.09. The first-order valence-electron chi connectivity index (χ1n) is 6.16. The van der Waals surface area contributed by atoms with E-state index < -0.39 is 34.1 Å². The average molecular weight is 299 g/mol. The Morgan fingerprint density at radius 1 is 1.15 bits per heavy atom. The Labute approximate surface area is 119 Å². The number of hydrogen-bond donors (Lipinski definition) is 2. The number of hydrogen-bond acceptors (Lipinski definition) is 5. The number of benzene rings is 1. The molecule has 1 aliphatic rings. The van der Waals surface area contributed by atoms with Gasteiger partial charge in [-0.1, -0.05) is 12.1 Å². The van der Waals surface area contributed by atoms with Gasteiger partial charge in [0.2, 0.25) is 10.0 Å². The van der Waals surface area contributed by atoms with E-state index in [1.54, 1.807) is 6.07 Å². The van der Waals surface area contributed by atoms with E-state index in [2.05, 4.69) is 0 Å². The summed E-state index contributed by atoms with van der Waals surface area (Å²) in [5.74, 6) is -0.437. The van der Waals surface area contributed by atoms with Crippen LogP contribution in [0.15, 0.2) is 23.1 Å². The fraction of sp³-hybridized carbons (Fsp3) is 0.500. The molecule has 0 radical (unpaired) electrons. The van der Waals surface area contributed by atoms with Gasteiger partial charge in [0.05, 0.1) is 11.2 Å². The van der Waals surface area contributed by atoms with Crippen LogP contribution in [-0.4, -0.2) is 31.8 Å². The fourth-order valence-corrected chi connectivity index (χ4v) is 2.58. The maximum absolute atomic E-state index is 11.4. The van der Waals surface area contributed by atoms with Gasteiger partial charge < -0.3 is 14.4 Å². The number of rotatable bonds is 2. The van der Waals surface area contributed by atoms with Gasteiger partial charge in [0.1, 0.15) is 10.6 Å². The highest BCUT2D eigenvalue weighted by atomic mass is 32.2. The van der Waals surface area contributed by atoms with Gasteiger partial charge in [-0.3, -0.25) is 0 Å². The standard InChI is InChI=1S/C12H18BNO5S/c1-11(2)12(3,4)19-13(18-11)8-6-5-7-9(10(8)15)20(14,16)17/h5-7,15H,1-4H3,(H2,14,16,17). The van der Waals surface area contributed by atoms with E-state index in [0.717, 1.165) is 0 Å². The minimum Gasteiger partial charge on any atom is -0.507 e. The number of sulfonamides is 1. The molecule has 1 fully saturated rings. The number of phenols is 1. The fourth-order valence-electron chi connectivity index (χ4n) is 1.93. The second-order valence-electron chi connectivity index (χ2n) is 5.83. The molecule has 0 unspecified atom stereocenters. The van der Waals surface area contributed by atoms with Crippen molar-refractivity contribution in [2.45, 2.75) is 43.8 Å². The second-order valence-corrected chi connectivity index (χ2v) is 7.36. The van der Waals surface area contributed by atoms with Crippen molar-refractivity contribution in [2.75, 3.05) is 0 Å². The molecule has 1 aliphatic heterocycles. The smallest absolute Gasteiger partial charge is 0.498 e. The molecule has 0 spiro atoms. The van der Waals surface area contributed by atoms with Gasteiger partial charge in [-0.25, -0.2) is 13.6 Å². The van der Waals surface area contributed by atoms with Crippen LogP contribution >= 0.6 is 0 Å². The zero-order valence-corrected chi connectivity index (χ0v) is 12.7. The second kappa shape index (κ2) is 4.46. The molecule has 0 saturated carbocycles. The van der Waals surface area contributed by atoms with Crippen molar-refractivity contribution in [1.82, 2.24) is 0 Å². The summed E-state index contributed by atoms with van der Waals surface area (Å²) >= 11 is 0. The largest absolute Gasteiger partial charge is 0.507 e. The summed E-state index contributed by atoms with van der Waals surface area (Å²) in [4.78, 5) is -0.343. The van der Waals surface area contributed by atoms with E-state index in [0.29, 0.717) is 0 Å². The van der Waals surface area contributed by atoms with Gasteiger partial charge in [-0.2, -0.15) is 0 Å². The molecule has 1 saturated heterocycles. The maximum Gasteiger partial charge on any atom is 0.498 e. The van der Waals surface area contributed by atoms with Crippen molar-refractivity contribution in [3.63, 3.8) is 0 Å². The summed E-state index contributed by atoms with van der Waals surface area (Å²) in [6.45, 7) is 7.47. The third-order valence-corrected chi connectivity index (χ3v) is 4.79. The molecular formula is C12H18BNO5S. The molecule has 0 atom stereocenters. The normalized spacial score (nSPS) is 21.1. The third kappa shape index (κ3) is 2.44. The Balaban J connectivity index is 2.47. The molecular weight excluding hydrogens is 281 g/mol. The van der Waals surface area contributed by atoms with Crippen LogP contribution in [0.3, 0.4) is 0 Å². The zero-order chi connectivity index (χ0) is 15.3. The van der Waals surface area contributed by atoms with Gasteiger partial charge in [-0.15, -0.1) is 0 Å². The van der Waals surface area contributed by atoms with E-state index in [1.165, 1.54) is 12.1 Å². The Morgan fingerprint density at radius 3 is 2.10 bits per heavy atom. The highest BCUT2D eigenvalue weighted by molar-refractivity contribution is 7.89. The SMILES string of the molecule is CC1(C)OB(c2cccc(S(N)(=O)=O)c2O)OC1(C)C. The molecule has 0 bridgehead atoms. The predicted molar refractivity (Wildman–Crippen MR) is 75.2 cm³/mol. The molecule has 20 heavy (non-hydrogen) atoms. The summed E-state index contributed by atoms with van der Waals surface area (Å²) in [5.41, 5.74) is -0.918. The number of phenolic OH excluding ortho intramolecular Hbond substituents is 1. The Morgan fingerprint density at radius 2 is 1.65 bits per heavy atom. The van der Waals surface area contributed by atoms with Crippen LogP contribution in [0.25, 0.3) is 0 Å². The summed E-state index contributed by atoms with van der Waals surface area (Å²) in [6.07, 6.45) is 0. The minimum atomic E-state index is -4.00. The number of nitrogens with two attached hydrogens (primary N) is 1. The highest BCUT2D eigenvalue weighted by Crippen LogP contribution is 2.37. The summed E-state index contributed by atoms with van der Waals surface area (Å²) < 4.78 is 34.4. The minimum absolute atomic E-state index is 0.246. The van der Waals surface area contributed by atoms with E-state index in [4.69, 9.17) is 14.4 Å². The number of aromatic hydroxyl groups is 1. The molecule has 8 heteroatoms. The van der Waals surface area contributed by atoms with Crippen LogP contribution in [0.1, 0.15) is 27.7 Å². The molecule has 1 aromatic carbocycles. The molecule has 2 rings (SSSR count). The number of primary sulfonamides is 1. The van der Waals surface area contributed by atoms with Crippen LogP contribution in [0.2, 0.25) is 0 Å². The molecule has 6 nitrogen and oxygen atoms in total. The highest BCUT2D eigenvalue weighted by Gasteiger charge is 2.52. The van der Waals surface area contributed by atoms with E-state index in [-0.39, 0.29) is 10.4 Å². The van der Waals surface area contributed by atoms with Crippen molar-refractivity contribution in [2.24, 2.45) is 5.14 Å². The third-order valence-electron chi connectivity index (χ3n) is 3.84. The summed E-state index contributed by atoms with van der Waals surface area (Å²) in [5, 5.41) is 15.2. The quantitative estimate of drug-likeness (QED) is 0.767. The molecule has 110 valence electrons. The molecule has 3 N–H and O–H groups in total. The molecule has 0 aromatic heterocycles. The number of para-hydroxylation sites is 1. The van der Waals surface area contributed by atoms with Gasteiger partial charge in [0, 0.05) is 5.46 Å². The molecule has 1 heterocycles. The molecule has 0 amide bonds. The lowest BCUT2D eigenvalue weighted by atomic mass is 9.78. The molecule has 1 aromatic rings. The van der Waals surface area contributed by atoms with E-state index in [9.17, 15) is 13.5 Å². The maximum atomic E-state index is 11.4. The Bertz CT molecular complexity index is 625.